The molecule has 17 heavy (non-hydrogen) atoms. The summed E-state index contributed by atoms with van der Waals surface area (Å²) in [4.78, 5) is 8.40. The third-order valence-electron chi connectivity index (χ3n) is 2.50. The summed E-state index contributed by atoms with van der Waals surface area (Å²) in [5.74, 6) is 0.874. The van der Waals surface area contributed by atoms with Crippen LogP contribution in [0.5, 0.6) is 5.75 Å². The number of aromatic hydroxyl groups is 1. The molecule has 0 spiro atoms. The number of hydrogen-bond acceptors (Lipinski definition) is 4. The molecule has 4 nitrogen and oxygen atoms in total. The van der Waals surface area contributed by atoms with E-state index in [9.17, 15) is 5.11 Å². The van der Waals surface area contributed by atoms with Gasteiger partial charge >= 0.3 is 0 Å². The normalized spacial score (nSPS) is 12.4. The SMILES string of the molecule is Cc1cnc(C(N)Cc2cccc(O)c2)nc1. The fourth-order valence-corrected chi connectivity index (χ4v) is 1.62. The number of benzene rings is 1. The van der Waals surface area contributed by atoms with E-state index in [4.69, 9.17) is 5.73 Å². The van der Waals surface area contributed by atoms with Crippen molar-refractivity contribution >= 4 is 0 Å². The standard InChI is InChI=1S/C13H15N3O/c1-9-7-15-13(16-8-9)12(14)6-10-3-2-4-11(17)5-10/h2-5,7-8,12,17H,6,14H2,1H3. The molecule has 0 bridgehead atoms. The zero-order chi connectivity index (χ0) is 12.3. The van der Waals surface area contributed by atoms with Crippen LogP contribution >= 0.6 is 0 Å². The quantitative estimate of drug-likeness (QED) is 0.840. The van der Waals surface area contributed by atoms with Gasteiger partial charge in [0.1, 0.15) is 11.6 Å². The molecule has 0 aliphatic carbocycles. The Morgan fingerprint density at radius 2 is 2.00 bits per heavy atom. The van der Waals surface area contributed by atoms with Gasteiger partial charge in [0.2, 0.25) is 0 Å². The maximum absolute atomic E-state index is 9.36. The van der Waals surface area contributed by atoms with Gasteiger partial charge in [0.15, 0.2) is 0 Å². The van der Waals surface area contributed by atoms with Gasteiger partial charge in [-0.2, -0.15) is 0 Å². The molecular weight excluding hydrogens is 214 g/mol. The summed E-state index contributed by atoms with van der Waals surface area (Å²) in [6.45, 7) is 1.94. The lowest BCUT2D eigenvalue weighted by Gasteiger charge is -2.10. The van der Waals surface area contributed by atoms with E-state index in [-0.39, 0.29) is 11.8 Å². The summed E-state index contributed by atoms with van der Waals surface area (Å²) in [6.07, 6.45) is 4.12. The Kier molecular flexibility index (Phi) is 3.35. The fraction of sp³-hybridized carbons (Fsp3) is 0.231. The molecule has 0 aliphatic rings. The first kappa shape index (κ1) is 11.5. The van der Waals surface area contributed by atoms with E-state index in [0.29, 0.717) is 12.2 Å². The molecule has 1 aromatic heterocycles. The lowest BCUT2D eigenvalue weighted by atomic mass is 10.1. The third kappa shape index (κ3) is 3.01. The summed E-state index contributed by atoms with van der Waals surface area (Å²) < 4.78 is 0. The Morgan fingerprint density at radius 1 is 1.29 bits per heavy atom. The minimum atomic E-state index is -0.252. The zero-order valence-electron chi connectivity index (χ0n) is 9.67. The van der Waals surface area contributed by atoms with Gasteiger partial charge in [0.25, 0.3) is 0 Å². The summed E-state index contributed by atoms with van der Waals surface area (Å²) in [5, 5.41) is 9.36. The van der Waals surface area contributed by atoms with Crippen LogP contribution in [0.4, 0.5) is 0 Å². The van der Waals surface area contributed by atoms with Gasteiger partial charge in [0, 0.05) is 12.4 Å². The van der Waals surface area contributed by atoms with E-state index < -0.39 is 0 Å². The van der Waals surface area contributed by atoms with Crippen LogP contribution in [0.3, 0.4) is 0 Å². The van der Waals surface area contributed by atoms with Gasteiger partial charge < -0.3 is 10.8 Å². The smallest absolute Gasteiger partial charge is 0.145 e. The Bertz CT molecular complexity index is 496. The minimum absolute atomic E-state index is 0.250. The first-order valence-corrected chi connectivity index (χ1v) is 5.47. The van der Waals surface area contributed by atoms with Gasteiger partial charge in [-0.05, 0) is 36.6 Å². The predicted molar refractivity (Wildman–Crippen MR) is 65.5 cm³/mol. The lowest BCUT2D eigenvalue weighted by molar-refractivity contribution is 0.474. The molecule has 3 N–H and O–H groups in total. The van der Waals surface area contributed by atoms with Gasteiger partial charge in [-0.15, -0.1) is 0 Å². The number of aromatic nitrogens is 2. The molecule has 0 aliphatic heterocycles. The van der Waals surface area contributed by atoms with Crippen molar-refractivity contribution < 1.29 is 5.11 Å². The van der Waals surface area contributed by atoms with Crippen LogP contribution in [0.1, 0.15) is 23.0 Å². The largest absolute Gasteiger partial charge is 0.508 e. The Morgan fingerprint density at radius 3 is 2.65 bits per heavy atom. The molecule has 1 aromatic carbocycles. The zero-order valence-corrected chi connectivity index (χ0v) is 9.67. The van der Waals surface area contributed by atoms with Crippen LogP contribution in [0.25, 0.3) is 0 Å². The highest BCUT2D eigenvalue weighted by Gasteiger charge is 2.10. The number of aryl methyl sites for hydroxylation is 1. The van der Waals surface area contributed by atoms with Crippen LogP contribution in [-0.2, 0) is 6.42 Å². The predicted octanol–water partition coefficient (Wildman–Crippen LogP) is 1.73. The number of phenolic OH excluding ortho intramolecular Hbond substituents is 1. The molecule has 0 saturated carbocycles. The molecule has 0 radical (unpaired) electrons. The first-order chi connectivity index (χ1) is 8.15. The van der Waals surface area contributed by atoms with Gasteiger partial charge in [0.05, 0.1) is 6.04 Å². The fourth-order valence-electron chi connectivity index (χ4n) is 1.62. The molecule has 4 heteroatoms. The van der Waals surface area contributed by atoms with Crippen molar-refractivity contribution in [3.8, 4) is 5.75 Å². The molecular formula is C13H15N3O. The molecule has 1 heterocycles. The molecule has 2 rings (SSSR count). The van der Waals surface area contributed by atoms with E-state index in [0.717, 1.165) is 11.1 Å². The van der Waals surface area contributed by atoms with Crippen LogP contribution < -0.4 is 5.73 Å². The molecule has 2 aromatic rings. The summed E-state index contributed by atoms with van der Waals surface area (Å²) in [6, 6.07) is 6.81. The van der Waals surface area contributed by atoms with Crippen molar-refractivity contribution in [3.63, 3.8) is 0 Å². The number of nitrogens with zero attached hydrogens (tertiary/aromatic N) is 2. The summed E-state index contributed by atoms with van der Waals surface area (Å²) in [7, 11) is 0. The van der Waals surface area contributed by atoms with Crippen LogP contribution in [0.15, 0.2) is 36.7 Å². The first-order valence-electron chi connectivity index (χ1n) is 5.47. The number of phenols is 1. The highest BCUT2D eigenvalue weighted by molar-refractivity contribution is 5.28. The van der Waals surface area contributed by atoms with Crippen LogP contribution in [0.2, 0.25) is 0 Å². The van der Waals surface area contributed by atoms with Crippen LogP contribution in [0, 0.1) is 6.92 Å². The van der Waals surface area contributed by atoms with Crippen molar-refractivity contribution in [2.45, 2.75) is 19.4 Å². The van der Waals surface area contributed by atoms with Crippen molar-refractivity contribution in [1.29, 1.82) is 0 Å². The summed E-state index contributed by atoms with van der Waals surface area (Å²) in [5.41, 5.74) is 8.01. The molecule has 1 unspecified atom stereocenters. The second-order valence-corrected chi connectivity index (χ2v) is 4.10. The molecule has 88 valence electrons. The Hall–Kier alpha value is -1.94. The molecule has 0 saturated heterocycles. The number of nitrogens with two attached hydrogens (primary N) is 1. The maximum Gasteiger partial charge on any atom is 0.145 e. The minimum Gasteiger partial charge on any atom is -0.508 e. The Labute approximate surface area is 100 Å². The van der Waals surface area contributed by atoms with E-state index in [2.05, 4.69) is 9.97 Å². The number of rotatable bonds is 3. The monoisotopic (exact) mass is 229 g/mol. The summed E-state index contributed by atoms with van der Waals surface area (Å²) >= 11 is 0. The highest BCUT2D eigenvalue weighted by atomic mass is 16.3. The second-order valence-electron chi connectivity index (χ2n) is 4.10. The van der Waals surface area contributed by atoms with Gasteiger partial charge in [-0.3, -0.25) is 0 Å². The average Bonchev–Trinajstić information content (AvgIpc) is 2.29. The second kappa shape index (κ2) is 4.93. The van der Waals surface area contributed by atoms with Crippen molar-refractivity contribution in [2.75, 3.05) is 0 Å². The third-order valence-corrected chi connectivity index (χ3v) is 2.50. The topological polar surface area (TPSA) is 72.0 Å². The molecule has 0 amide bonds. The number of hydrogen-bond donors (Lipinski definition) is 2. The lowest BCUT2D eigenvalue weighted by Crippen LogP contribution is -2.16. The van der Waals surface area contributed by atoms with E-state index >= 15 is 0 Å². The van der Waals surface area contributed by atoms with Gasteiger partial charge in [-0.1, -0.05) is 12.1 Å². The van der Waals surface area contributed by atoms with Crippen LogP contribution in [-0.4, -0.2) is 15.1 Å². The van der Waals surface area contributed by atoms with Crippen molar-refractivity contribution in [3.05, 3.63) is 53.6 Å². The molecule has 0 fully saturated rings. The molecule has 1 atom stereocenters. The van der Waals surface area contributed by atoms with E-state index in [1.165, 1.54) is 0 Å². The van der Waals surface area contributed by atoms with E-state index in [1.54, 1.807) is 30.6 Å². The average molecular weight is 229 g/mol. The highest BCUT2D eigenvalue weighted by Crippen LogP contribution is 2.16. The Balaban J connectivity index is 2.11. The van der Waals surface area contributed by atoms with Crippen molar-refractivity contribution in [2.24, 2.45) is 5.73 Å². The maximum atomic E-state index is 9.36. The van der Waals surface area contributed by atoms with Crippen molar-refractivity contribution in [1.82, 2.24) is 9.97 Å². The van der Waals surface area contributed by atoms with E-state index in [1.807, 2.05) is 13.0 Å². The van der Waals surface area contributed by atoms with Gasteiger partial charge in [-0.25, -0.2) is 9.97 Å².